The number of nitrogens with zero attached hydrogens (tertiary/aromatic N) is 1. The Balaban J connectivity index is 1.79. The molecule has 0 heterocycles. The lowest BCUT2D eigenvalue weighted by molar-refractivity contribution is -0.312. The van der Waals surface area contributed by atoms with Crippen molar-refractivity contribution in [3.05, 3.63) is 59.1 Å². The van der Waals surface area contributed by atoms with E-state index < -0.39 is 18.0 Å². The third kappa shape index (κ3) is 6.10. The Hall–Kier alpha value is -3.06. The van der Waals surface area contributed by atoms with E-state index in [1.165, 1.54) is 13.1 Å². The molecule has 0 spiro atoms. The molecule has 2 aromatic carbocycles. The molecule has 0 unspecified atom stereocenters. The van der Waals surface area contributed by atoms with Crippen molar-refractivity contribution >= 4 is 29.7 Å². The van der Waals surface area contributed by atoms with Crippen LogP contribution < -0.4 is 20.0 Å². The minimum Gasteiger partial charge on any atom is -0.546 e. The van der Waals surface area contributed by atoms with Gasteiger partial charge in [-0.3, -0.25) is 4.79 Å². The van der Waals surface area contributed by atoms with E-state index in [1.807, 2.05) is 0 Å². The second-order valence-corrected chi connectivity index (χ2v) is 5.57. The molecule has 0 bridgehead atoms. The van der Waals surface area contributed by atoms with Gasteiger partial charge in [-0.1, -0.05) is 23.7 Å². The maximum Gasteiger partial charge on any atom is 0.277 e. The fourth-order valence-electron chi connectivity index (χ4n) is 1.80. The molecule has 7 nitrogen and oxygen atoms in total. The lowest BCUT2D eigenvalue weighted by Gasteiger charge is -2.15. The van der Waals surface area contributed by atoms with E-state index >= 15 is 0 Å². The van der Waals surface area contributed by atoms with Crippen molar-refractivity contribution in [1.29, 1.82) is 0 Å². The number of para-hydroxylation sites is 1. The minimum atomic E-state index is -1.29. The normalized spacial score (nSPS) is 11.8. The van der Waals surface area contributed by atoms with Crippen molar-refractivity contribution < 1.29 is 24.2 Å². The Morgan fingerprint density at radius 3 is 2.58 bits per heavy atom. The third-order valence-corrected chi connectivity index (χ3v) is 3.44. The molecule has 1 amide bonds. The highest BCUT2D eigenvalue weighted by atomic mass is 35.5. The number of carboxylic acids is 1. The van der Waals surface area contributed by atoms with E-state index in [4.69, 9.17) is 21.1 Å². The van der Waals surface area contributed by atoms with E-state index in [0.717, 1.165) is 0 Å². The number of hydrazone groups is 1. The van der Waals surface area contributed by atoms with Crippen molar-refractivity contribution in [3.63, 3.8) is 0 Å². The van der Waals surface area contributed by atoms with Crippen molar-refractivity contribution in [3.8, 4) is 11.5 Å². The summed E-state index contributed by atoms with van der Waals surface area (Å²) >= 11 is 5.92. The number of nitrogens with one attached hydrogen (secondary N) is 1. The Morgan fingerprint density at radius 1 is 1.23 bits per heavy atom. The number of carbonyl (C=O) groups excluding carboxylic acids is 2. The highest BCUT2D eigenvalue weighted by molar-refractivity contribution is 6.32. The first-order valence-corrected chi connectivity index (χ1v) is 8.00. The molecule has 0 radical (unpaired) electrons. The zero-order valence-electron chi connectivity index (χ0n) is 13.8. The second-order valence-electron chi connectivity index (χ2n) is 5.16. The molecule has 2 rings (SSSR count). The average molecular weight is 376 g/mol. The lowest BCUT2D eigenvalue weighted by atomic mass is 10.2. The van der Waals surface area contributed by atoms with Gasteiger partial charge in [-0.2, -0.15) is 5.10 Å². The number of amides is 1. The smallest absolute Gasteiger partial charge is 0.277 e. The van der Waals surface area contributed by atoms with Crippen LogP contribution in [0.25, 0.3) is 0 Å². The lowest BCUT2D eigenvalue weighted by Crippen LogP contribution is -2.37. The number of benzene rings is 2. The number of aliphatic carboxylic acids is 1. The first-order chi connectivity index (χ1) is 12.5. The topological polar surface area (TPSA) is 100 Å². The summed E-state index contributed by atoms with van der Waals surface area (Å²) in [6.45, 7) is 1.15. The molecule has 0 aliphatic carbocycles. The van der Waals surface area contributed by atoms with Gasteiger partial charge in [-0.15, -0.1) is 0 Å². The Labute approximate surface area is 155 Å². The number of carboxylic acid groups (broad SMARTS) is 1. The summed E-state index contributed by atoms with van der Waals surface area (Å²) in [5.74, 6) is -0.938. The fourth-order valence-corrected chi connectivity index (χ4v) is 1.99. The molecule has 1 atom stereocenters. The van der Waals surface area contributed by atoms with Gasteiger partial charge in [-0.05, 0) is 48.9 Å². The van der Waals surface area contributed by atoms with Gasteiger partial charge in [0.2, 0.25) is 0 Å². The van der Waals surface area contributed by atoms with E-state index in [-0.39, 0.29) is 6.61 Å². The SMILES string of the molecule is C[C@@H](Oc1ccc(/C=N\NC(=O)COc2ccccc2Cl)cc1)C(=O)[O-]. The monoisotopic (exact) mass is 375 g/mol. The average Bonchev–Trinajstić information content (AvgIpc) is 2.62. The molecule has 0 saturated heterocycles. The maximum atomic E-state index is 11.7. The third-order valence-electron chi connectivity index (χ3n) is 3.12. The predicted octanol–water partition coefficient (Wildman–Crippen LogP) is 1.39. The summed E-state index contributed by atoms with van der Waals surface area (Å²) in [5.41, 5.74) is 3.01. The summed E-state index contributed by atoms with van der Waals surface area (Å²) in [5, 5.41) is 14.9. The molecule has 8 heteroatoms. The Morgan fingerprint density at radius 2 is 1.92 bits per heavy atom. The standard InChI is InChI=1S/C18H17ClN2O5/c1-12(18(23)24)26-14-8-6-13(7-9-14)10-20-21-17(22)11-25-16-5-3-2-4-15(16)19/h2-10,12H,11H2,1H3,(H,21,22)(H,23,24)/p-1/b20-10-/t12-/m1/s1. The summed E-state index contributed by atoms with van der Waals surface area (Å²) in [6.07, 6.45) is 0.381. The van der Waals surface area contributed by atoms with Gasteiger partial charge in [0.15, 0.2) is 6.61 Å². The van der Waals surface area contributed by atoms with Crippen LogP contribution in [0.2, 0.25) is 5.02 Å². The summed E-state index contributed by atoms with van der Waals surface area (Å²) in [7, 11) is 0. The number of ether oxygens (including phenoxy) is 2. The van der Waals surface area contributed by atoms with Crippen molar-refractivity contribution in [2.75, 3.05) is 6.61 Å². The van der Waals surface area contributed by atoms with E-state index in [1.54, 1.807) is 48.5 Å². The van der Waals surface area contributed by atoms with E-state index in [9.17, 15) is 14.7 Å². The van der Waals surface area contributed by atoms with Crippen molar-refractivity contribution in [2.45, 2.75) is 13.0 Å². The van der Waals surface area contributed by atoms with E-state index in [2.05, 4.69) is 10.5 Å². The zero-order valence-corrected chi connectivity index (χ0v) is 14.6. The van der Waals surface area contributed by atoms with Gasteiger partial charge in [0.1, 0.15) is 17.6 Å². The van der Waals surface area contributed by atoms with E-state index in [0.29, 0.717) is 22.1 Å². The molecule has 0 aliphatic heterocycles. The molecule has 26 heavy (non-hydrogen) atoms. The van der Waals surface area contributed by atoms with Crippen LogP contribution in [0, 0.1) is 0 Å². The highest BCUT2D eigenvalue weighted by Crippen LogP contribution is 2.22. The first-order valence-electron chi connectivity index (χ1n) is 7.62. The van der Waals surface area contributed by atoms with Gasteiger partial charge < -0.3 is 19.4 Å². The molecule has 0 aromatic heterocycles. The second kappa shape index (κ2) is 9.43. The molecule has 0 saturated carbocycles. The van der Waals surface area contributed by atoms with Crippen LogP contribution in [0.1, 0.15) is 12.5 Å². The van der Waals surface area contributed by atoms with Gasteiger partial charge in [0, 0.05) is 0 Å². The van der Waals surface area contributed by atoms with Gasteiger partial charge in [0.25, 0.3) is 5.91 Å². The maximum absolute atomic E-state index is 11.7. The van der Waals surface area contributed by atoms with Crippen molar-refractivity contribution in [1.82, 2.24) is 5.43 Å². The minimum absolute atomic E-state index is 0.227. The molecule has 0 aliphatic rings. The number of hydrogen-bond acceptors (Lipinski definition) is 6. The highest BCUT2D eigenvalue weighted by Gasteiger charge is 2.05. The molecular weight excluding hydrogens is 360 g/mol. The summed E-state index contributed by atoms with van der Waals surface area (Å²) < 4.78 is 10.4. The number of rotatable bonds is 8. The van der Waals surface area contributed by atoms with Crippen LogP contribution in [0.3, 0.4) is 0 Å². The fraction of sp³-hybridized carbons (Fsp3) is 0.167. The van der Waals surface area contributed by atoms with Gasteiger partial charge >= 0.3 is 0 Å². The van der Waals surface area contributed by atoms with Gasteiger partial charge in [0.05, 0.1) is 17.2 Å². The number of halogens is 1. The molecule has 1 N–H and O–H groups in total. The largest absolute Gasteiger partial charge is 0.546 e. The zero-order chi connectivity index (χ0) is 18.9. The Bertz CT molecular complexity index is 792. The van der Waals surface area contributed by atoms with Crippen LogP contribution in [0.5, 0.6) is 11.5 Å². The number of hydrogen-bond donors (Lipinski definition) is 1. The quantitative estimate of drug-likeness (QED) is 0.555. The van der Waals surface area contributed by atoms with Crippen LogP contribution in [-0.4, -0.2) is 30.8 Å². The number of carbonyl (C=O) groups is 2. The molecular formula is C18H16ClN2O5-. The van der Waals surface area contributed by atoms with Crippen LogP contribution in [0.15, 0.2) is 53.6 Å². The van der Waals surface area contributed by atoms with Crippen molar-refractivity contribution in [2.24, 2.45) is 5.10 Å². The van der Waals surface area contributed by atoms with Gasteiger partial charge in [-0.25, -0.2) is 5.43 Å². The molecule has 136 valence electrons. The first kappa shape index (κ1) is 19.3. The van der Waals surface area contributed by atoms with Crippen LogP contribution in [-0.2, 0) is 9.59 Å². The summed E-state index contributed by atoms with van der Waals surface area (Å²) in [6, 6.07) is 13.3. The molecule has 0 fully saturated rings. The Kier molecular flexibility index (Phi) is 6.99. The van der Waals surface area contributed by atoms with Crippen LogP contribution in [0.4, 0.5) is 0 Å². The molecule has 2 aromatic rings. The van der Waals surface area contributed by atoms with Crippen LogP contribution >= 0.6 is 11.6 Å². The summed E-state index contributed by atoms with van der Waals surface area (Å²) in [4.78, 5) is 22.3. The predicted molar refractivity (Wildman–Crippen MR) is 94.2 cm³/mol.